The molecule has 2 aromatic rings. The zero-order chi connectivity index (χ0) is 18.8. The summed E-state index contributed by atoms with van der Waals surface area (Å²) in [5, 5.41) is 5.52. The van der Waals surface area contributed by atoms with Crippen LogP contribution in [-0.2, 0) is 6.54 Å². The molecule has 7 nitrogen and oxygen atoms in total. The number of urea groups is 1. The van der Waals surface area contributed by atoms with Gasteiger partial charge in [-0.15, -0.1) is 0 Å². The maximum Gasteiger partial charge on any atom is 0.315 e. The molecule has 7 heteroatoms. The standard InChI is InChI=1S/C19H24N2O5/c1-23-15-6-4-5-7-17(15)26-11-10-20-19(22)21-13-14-8-9-16(24-2)18(12-14)25-3/h4-9,12H,10-11,13H2,1-3H3,(H2,20,21,22). The Labute approximate surface area is 153 Å². The van der Waals surface area contributed by atoms with Gasteiger partial charge in [0.25, 0.3) is 0 Å². The van der Waals surface area contributed by atoms with Crippen LogP contribution in [0.1, 0.15) is 5.56 Å². The highest BCUT2D eigenvalue weighted by Gasteiger charge is 2.06. The van der Waals surface area contributed by atoms with E-state index >= 15 is 0 Å². The van der Waals surface area contributed by atoms with E-state index in [0.717, 1.165) is 5.56 Å². The number of rotatable bonds is 9. The van der Waals surface area contributed by atoms with Gasteiger partial charge in [-0.25, -0.2) is 4.79 Å². The minimum atomic E-state index is -0.275. The van der Waals surface area contributed by atoms with Crippen molar-refractivity contribution in [2.75, 3.05) is 34.5 Å². The first-order valence-electron chi connectivity index (χ1n) is 8.16. The van der Waals surface area contributed by atoms with E-state index < -0.39 is 0 Å². The monoisotopic (exact) mass is 360 g/mol. The second-order valence-electron chi connectivity index (χ2n) is 5.30. The van der Waals surface area contributed by atoms with E-state index in [1.165, 1.54) is 0 Å². The first-order chi connectivity index (χ1) is 12.7. The van der Waals surface area contributed by atoms with E-state index in [4.69, 9.17) is 18.9 Å². The smallest absolute Gasteiger partial charge is 0.315 e. The normalized spacial score (nSPS) is 9.96. The quantitative estimate of drug-likeness (QED) is 0.672. The van der Waals surface area contributed by atoms with Crippen molar-refractivity contribution >= 4 is 6.03 Å². The van der Waals surface area contributed by atoms with Gasteiger partial charge in [0, 0.05) is 6.54 Å². The lowest BCUT2D eigenvalue weighted by molar-refractivity contribution is 0.235. The molecular weight excluding hydrogens is 336 g/mol. The van der Waals surface area contributed by atoms with Gasteiger partial charge in [-0.1, -0.05) is 18.2 Å². The van der Waals surface area contributed by atoms with Crippen LogP contribution in [0.15, 0.2) is 42.5 Å². The fourth-order valence-electron chi connectivity index (χ4n) is 2.30. The van der Waals surface area contributed by atoms with Crippen molar-refractivity contribution < 1.29 is 23.7 Å². The van der Waals surface area contributed by atoms with Gasteiger partial charge in [0.2, 0.25) is 0 Å². The minimum Gasteiger partial charge on any atom is -0.493 e. The van der Waals surface area contributed by atoms with E-state index in [0.29, 0.717) is 42.7 Å². The summed E-state index contributed by atoms with van der Waals surface area (Å²) in [5.74, 6) is 2.57. The molecule has 2 amide bonds. The number of carbonyl (C=O) groups excluding carboxylic acids is 1. The lowest BCUT2D eigenvalue weighted by atomic mass is 10.2. The number of nitrogens with one attached hydrogen (secondary N) is 2. The molecule has 26 heavy (non-hydrogen) atoms. The van der Waals surface area contributed by atoms with Crippen molar-refractivity contribution in [3.8, 4) is 23.0 Å². The molecule has 2 rings (SSSR count). The molecule has 0 unspecified atom stereocenters. The van der Waals surface area contributed by atoms with Crippen molar-refractivity contribution in [2.45, 2.75) is 6.54 Å². The van der Waals surface area contributed by atoms with Crippen LogP contribution < -0.4 is 29.6 Å². The fourth-order valence-corrected chi connectivity index (χ4v) is 2.30. The number of para-hydroxylation sites is 2. The Balaban J connectivity index is 1.72. The zero-order valence-electron chi connectivity index (χ0n) is 15.2. The summed E-state index contributed by atoms with van der Waals surface area (Å²) in [5.41, 5.74) is 0.906. The molecule has 0 aliphatic carbocycles. The summed E-state index contributed by atoms with van der Waals surface area (Å²) in [4.78, 5) is 11.9. The molecular formula is C19H24N2O5. The highest BCUT2D eigenvalue weighted by Crippen LogP contribution is 2.27. The van der Waals surface area contributed by atoms with Gasteiger partial charge >= 0.3 is 6.03 Å². The van der Waals surface area contributed by atoms with Gasteiger partial charge in [0.05, 0.1) is 27.9 Å². The third-order valence-electron chi connectivity index (χ3n) is 3.62. The molecule has 0 saturated heterocycles. The average Bonchev–Trinajstić information content (AvgIpc) is 2.69. The summed E-state index contributed by atoms with van der Waals surface area (Å²) in [6.07, 6.45) is 0. The van der Waals surface area contributed by atoms with E-state index in [1.54, 1.807) is 27.4 Å². The lowest BCUT2D eigenvalue weighted by Crippen LogP contribution is -2.37. The minimum absolute atomic E-state index is 0.275. The molecule has 0 bridgehead atoms. The van der Waals surface area contributed by atoms with E-state index in [1.807, 2.05) is 36.4 Å². The molecule has 2 aromatic carbocycles. The topological polar surface area (TPSA) is 78.1 Å². The predicted molar refractivity (Wildman–Crippen MR) is 98.3 cm³/mol. The number of hydrogen-bond acceptors (Lipinski definition) is 5. The third kappa shape index (κ3) is 5.47. The molecule has 0 saturated carbocycles. The van der Waals surface area contributed by atoms with Crippen molar-refractivity contribution in [1.82, 2.24) is 10.6 Å². The van der Waals surface area contributed by atoms with Gasteiger partial charge in [0.1, 0.15) is 6.61 Å². The Morgan fingerprint density at radius 2 is 1.50 bits per heavy atom. The molecule has 0 aliphatic heterocycles. The van der Waals surface area contributed by atoms with Crippen LogP contribution in [0.2, 0.25) is 0 Å². The molecule has 0 heterocycles. The van der Waals surface area contributed by atoms with Crippen LogP contribution >= 0.6 is 0 Å². The fraction of sp³-hybridized carbons (Fsp3) is 0.316. The van der Waals surface area contributed by atoms with Crippen molar-refractivity contribution in [3.63, 3.8) is 0 Å². The summed E-state index contributed by atoms with van der Waals surface area (Å²) < 4.78 is 21.2. The van der Waals surface area contributed by atoms with Crippen LogP contribution in [0.5, 0.6) is 23.0 Å². The number of benzene rings is 2. The van der Waals surface area contributed by atoms with Crippen molar-refractivity contribution in [1.29, 1.82) is 0 Å². The van der Waals surface area contributed by atoms with E-state index in [2.05, 4.69) is 10.6 Å². The van der Waals surface area contributed by atoms with Crippen LogP contribution in [-0.4, -0.2) is 40.5 Å². The second-order valence-corrected chi connectivity index (χ2v) is 5.30. The summed E-state index contributed by atoms with van der Waals surface area (Å²) in [6, 6.07) is 12.6. The number of amides is 2. The largest absolute Gasteiger partial charge is 0.493 e. The number of ether oxygens (including phenoxy) is 4. The van der Waals surface area contributed by atoms with Gasteiger partial charge in [-0.3, -0.25) is 0 Å². The Hall–Kier alpha value is -3.09. The Bertz CT molecular complexity index is 721. The average molecular weight is 360 g/mol. The lowest BCUT2D eigenvalue weighted by Gasteiger charge is -2.12. The third-order valence-corrected chi connectivity index (χ3v) is 3.62. The molecule has 0 radical (unpaired) electrons. The van der Waals surface area contributed by atoms with Crippen molar-refractivity contribution in [3.05, 3.63) is 48.0 Å². The van der Waals surface area contributed by atoms with Crippen LogP contribution in [0, 0.1) is 0 Å². The number of methoxy groups -OCH3 is 3. The molecule has 0 atom stereocenters. The van der Waals surface area contributed by atoms with Crippen LogP contribution in [0.4, 0.5) is 4.79 Å². The number of hydrogen-bond donors (Lipinski definition) is 2. The first kappa shape index (κ1) is 19.2. The molecule has 0 fully saturated rings. The summed E-state index contributed by atoms with van der Waals surface area (Å²) in [7, 11) is 4.74. The molecule has 0 aliphatic rings. The maximum atomic E-state index is 11.9. The number of carbonyl (C=O) groups is 1. The molecule has 2 N–H and O–H groups in total. The highest BCUT2D eigenvalue weighted by atomic mass is 16.5. The van der Waals surface area contributed by atoms with Crippen molar-refractivity contribution in [2.24, 2.45) is 0 Å². The molecule has 140 valence electrons. The Kier molecular flexibility index (Phi) is 7.42. The maximum absolute atomic E-state index is 11.9. The Morgan fingerprint density at radius 3 is 2.19 bits per heavy atom. The first-order valence-corrected chi connectivity index (χ1v) is 8.16. The summed E-state index contributed by atoms with van der Waals surface area (Å²) in [6.45, 7) is 1.08. The van der Waals surface area contributed by atoms with E-state index in [-0.39, 0.29) is 6.03 Å². The van der Waals surface area contributed by atoms with Crippen LogP contribution in [0.25, 0.3) is 0 Å². The second kappa shape index (κ2) is 10.0. The zero-order valence-corrected chi connectivity index (χ0v) is 15.2. The van der Waals surface area contributed by atoms with E-state index in [9.17, 15) is 4.79 Å². The SMILES string of the molecule is COc1ccc(CNC(=O)NCCOc2ccccc2OC)cc1OC. The van der Waals surface area contributed by atoms with Gasteiger partial charge in [-0.2, -0.15) is 0 Å². The van der Waals surface area contributed by atoms with Crippen LogP contribution in [0.3, 0.4) is 0 Å². The highest BCUT2D eigenvalue weighted by molar-refractivity contribution is 5.73. The Morgan fingerprint density at radius 1 is 0.846 bits per heavy atom. The summed E-state index contributed by atoms with van der Waals surface area (Å²) >= 11 is 0. The predicted octanol–water partition coefficient (Wildman–Crippen LogP) is 2.59. The molecule has 0 aromatic heterocycles. The van der Waals surface area contributed by atoms with Gasteiger partial charge < -0.3 is 29.6 Å². The van der Waals surface area contributed by atoms with Gasteiger partial charge in [-0.05, 0) is 29.8 Å². The molecule has 0 spiro atoms. The van der Waals surface area contributed by atoms with Gasteiger partial charge in [0.15, 0.2) is 23.0 Å².